The van der Waals surface area contributed by atoms with Crippen molar-refractivity contribution < 1.29 is 13.5 Å². The van der Waals surface area contributed by atoms with E-state index < -0.39 is 11.6 Å². The highest BCUT2D eigenvalue weighted by molar-refractivity contribution is 5.44. The second kappa shape index (κ2) is 7.86. The van der Waals surface area contributed by atoms with Crippen LogP contribution in [0.15, 0.2) is 42.7 Å². The van der Waals surface area contributed by atoms with Gasteiger partial charge in [-0.25, -0.2) is 23.7 Å². The monoisotopic (exact) mass is 356 g/mol. The molecule has 0 bridgehead atoms. The Morgan fingerprint density at radius 1 is 1.12 bits per heavy atom. The summed E-state index contributed by atoms with van der Waals surface area (Å²) in [5.74, 6) is 0.120. The smallest absolute Gasteiger partial charge is 0.224 e. The van der Waals surface area contributed by atoms with E-state index in [1.54, 1.807) is 18.5 Å². The molecule has 0 atom stereocenters. The molecule has 0 radical (unpaired) electrons. The summed E-state index contributed by atoms with van der Waals surface area (Å²) in [6.07, 6.45) is 4.13. The zero-order chi connectivity index (χ0) is 18.5. The molecule has 0 aliphatic heterocycles. The van der Waals surface area contributed by atoms with Gasteiger partial charge in [-0.3, -0.25) is 0 Å². The van der Waals surface area contributed by atoms with Crippen LogP contribution in [-0.4, -0.2) is 15.0 Å². The van der Waals surface area contributed by atoms with E-state index in [0.717, 1.165) is 35.5 Å². The van der Waals surface area contributed by atoms with Gasteiger partial charge < -0.3 is 10.1 Å². The van der Waals surface area contributed by atoms with Gasteiger partial charge in [0.25, 0.3) is 0 Å². The van der Waals surface area contributed by atoms with Gasteiger partial charge in [0.1, 0.15) is 17.5 Å². The zero-order valence-electron chi connectivity index (χ0n) is 14.5. The van der Waals surface area contributed by atoms with Gasteiger partial charge in [0, 0.05) is 36.1 Å². The van der Waals surface area contributed by atoms with Gasteiger partial charge in [0.05, 0.1) is 0 Å². The summed E-state index contributed by atoms with van der Waals surface area (Å²) in [5, 5.41) is 3.25. The largest absolute Gasteiger partial charge is 0.436 e. The molecule has 2 heterocycles. The molecule has 3 rings (SSSR count). The van der Waals surface area contributed by atoms with Gasteiger partial charge in [-0.05, 0) is 31.5 Å². The number of halogens is 2. The van der Waals surface area contributed by atoms with Gasteiger partial charge in [-0.2, -0.15) is 0 Å². The average Bonchev–Trinajstić information content (AvgIpc) is 2.63. The summed E-state index contributed by atoms with van der Waals surface area (Å²) in [6.45, 7) is 4.23. The van der Waals surface area contributed by atoms with Crippen molar-refractivity contribution in [2.45, 2.75) is 26.8 Å². The quantitative estimate of drug-likeness (QED) is 0.708. The molecule has 0 saturated carbocycles. The van der Waals surface area contributed by atoms with Gasteiger partial charge in [-0.1, -0.05) is 13.0 Å². The second-order valence-corrected chi connectivity index (χ2v) is 5.64. The number of hydrogen-bond acceptors (Lipinski definition) is 5. The van der Waals surface area contributed by atoms with Crippen LogP contribution in [0.5, 0.6) is 11.6 Å². The highest BCUT2D eigenvalue weighted by Crippen LogP contribution is 2.26. The molecule has 0 saturated heterocycles. The molecule has 26 heavy (non-hydrogen) atoms. The molecule has 1 N–H and O–H groups in total. The third-order valence-corrected chi connectivity index (χ3v) is 3.76. The molecular weight excluding hydrogens is 338 g/mol. The fraction of sp³-hybridized carbons (Fsp3) is 0.211. The summed E-state index contributed by atoms with van der Waals surface area (Å²) < 4.78 is 32.4. The van der Waals surface area contributed by atoms with E-state index in [1.807, 2.05) is 19.9 Å². The zero-order valence-corrected chi connectivity index (χ0v) is 14.5. The molecule has 0 spiro atoms. The Balaban J connectivity index is 1.80. The number of nitrogens with one attached hydrogen (secondary N) is 1. The third-order valence-electron chi connectivity index (χ3n) is 3.76. The van der Waals surface area contributed by atoms with Crippen LogP contribution in [0.25, 0.3) is 0 Å². The van der Waals surface area contributed by atoms with E-state index >= 15 is 0 Å². The molecule has 1 aromatic carbocycles. The van der Waals surface area contributed by atoms with Crippen molar-refractivity contribution in [2.24, 2.45) is 0 Å². The van der Waals surface area contributed by atoms with E-state index in [4.69, 9.17) is 4.74 Å². The lowest BCUT2D eigenvalue weighted by molar-refractivity contribution is 0.419. The Bertz CT molecular complexity index is 918. The summed E-state index contributed by atoms with van der Waals surface area (Å²) in [5.41, 5.74) is 1.71. The third kappa shape index (κ3) is 4.11. The van der Waals surface area contributed by atoms with E-state index in [0.29, 0.717) is 12.4 Å². The van der Waals surface area contributed by atoms with Crippen molar-refractivity contribution in [1.82, 2.24) is 15.0 Å². The van der Waals surface area contributed by atoms with Crippen molar-refractivity contribution >= 4 is 5.82 Å². The lowest BCUT2D eigenvalue weighted by Crippen LogP contribution is -2.08. The van der Waals surface area contributed by atoms with E-state index in [2.05, 4.69) is 20.3 Å². The van der Waals surface area contributed by atoms with E-state index in [1.165, 1.54) is 6.07 Å². The predicted octanol–water partition coefficient (Wildman–Crippen LogP) is 4.43. The van der Waals surface area contributed by atoms with Crippen molar-refractivity contribution in [2.75, 3.05) is 5.32 Å². The van der Waals surface area contributed by atoms with E-state index in [9.17, 15) is 8.78 Å². The number of aromatic nitrogens is 3. The SMILES string of the molecule is CCc1cnc(C)nc1NCc1cccnc1Oc1ccc(F)cc1F. The highest BCUT2D eigenvalue weighted by atomic mass is 19.1. The Labute approximate surface area is 150 Å². The second-order valence-electron chi connectivity index (χ2n) is 5.64. The van der Waals surface area contributed by atoms with Crippen LogP contribution >= 0.6 is 0 Å². The normalized spacial score (nSPS) is 10.6. The van der Waals surface area contributed by atoms with Gasteiger partial charge in [-0.15, -0.1) is 0 Å². The van der Waals surface area contributed by atoms with Crippen LogP contribution in [0.2, 0.25) is 0 Å². The molecular formula is C19H18F2N4O. The summed E-state index contributed by atoms with van der Waals surface area (Å²) >= 11 is 0. The van der Waals surface area contributed by atoms with E-state index in [-0.39, 0.29) is 11.6 Å². The maximum absolute atomic E-state index is 13.8. The number of ether oxygens (including phenoxy) is 1. The maximum atomic E-state index is 13.8. The molecule has 5 nitrogen and oxygen atoms in total. The van der Waals surface area contributed by atoms with Crippen molar-refractivity contribution in [3.63, 3.8) is 0 Å². The average molecular weight is 356 g/mol. The number of anilines is 1. The molecule has 134 valence electrons. The Kier molecular flexibility index (Phi) is 5.36. The first-order valence-corrected chi connectivity index (χ1v) is 8.20. The number of rotatable bonds is 6. The molecule has 2 aromatic heterocycles. The highest BCUT2D eigenvalue weighted by Gasteiger charge is 2.12. The van der Waals surface area contributed by atoms with Crippen molar-refractivity contribution in [3.05, 3.63) is 71.3 Å². The minimum absolute atomic E-state index is 0.0847. The van der Waals surface area contributed by atoms with Crippen LogP contribution in [-0.2, 0) is 13.0 Å². The first-order valence-electron chi connectivity index (χ1n) is 8.20. The number of pyridine rings is 1. The predicted molar refractivity (Wildman–Crippen MR) is 94.1 cm³/mol. The van der Waals surface area contributed by atoms with Crippen LogP contribution in [0.3, 0.4) is 0 Å². The topological polar surface area (TPSA) is 59.9 Å². The lowest BCUT2D eigenvalue weighted by atomic mass is 10.2. The van der Waals surface area contributed by atoms with Crippen LogP contribution < -0.4 is 10.1 Å². The molecule has 0 aliphatic rings. The number of hydrogen-bond donors (Lipinski definition) is 1. The van der Waals surface area contributed by atoms with Crippen LogP contribution in [0.4, 0.5) is 14.6 Å². The number of benzene rings is 1. The van der Waals surface area contributed by atoms with Gasteiger partial charge >= 0.3 is 0 Å². The molecule has 0 fully saturated rings. The van der Waals surface area contributed by atoms with Crippen molar-refractivity contribution in [1.29, 1.82) is 0 Å². The Hall–Kier alpha value is -3.09. The van der Waals surface area contributed by atoms with Gasteiger partial charge in [0.2, 0.25) is 5.88 Å². The number of aryl methyl sites for hydroxylation is 2. The summed E-state index contributed by atoms with van der Waals surface area (Å²) in [4.78, 5) is 12.8. The minimum Gasteiger partial charge on any atom is -0.436 e. The standard InChI is InChI=1S/C19H18F2N4O/c1-3-13-10-23-12(2)25-18(13)24-11-14-5-4-8-22-19(14)26-17-7-6-15(20)9-16(17)21/h4-10H,3,11H2,1-2H3,(H,23,24,25). The molecule has 0 aliphatic carbocycles. The fourth-order valence-corrected chi connectivity index (χ4v) is 2.40. The first-order chi connectivity index (χ1) is 12.6. The molecule has 0 amide bonds. The fourth-order valence-electron chi connectivity index (χ4n) is 2.40. The molecule has 7 heteroatoms. The van der Waals surface area contributed by atoms with Crippen LogP contribution in [0.1, 0.15) is 23.9 Å². The molecule has 0 unspecified atom stereocenters. The summed E-state index contributed by atoms with van der Waals surface area (Å²) in [7, 11) is 0. The molecule has 3 aromatic rings. The number of nitrogens with zero attached hydrogens (tertiary/aromatic N) is 3. The lowest BCUT2D eigenvalue weighted by Gasteiger charge is -2.13. The Morgan fingerprint density at radius 2 is 1.96 bits per heavy atom. The summed E-state index contributed by atoms with van der Waals surface area (Å²) in [6, 6.07) is 6.72. The minimum atomic E-state index is -0.783. The maximum Gasteiger partial charge on any atom is 0.224 e. The Morgan fingerprint density at radius 3 is 2.73 bits per heavy atom. The van der Waals surface area contributed by atoms with Crippen molar-refractivity contribution in [3.8, 4) is 11.6 Å². The first kappa shape index (κ1) is 17.7. The van der Waals surface area contributed by atoms with Crippen LogP contribution in [0, 0.1) is 18.6 Å². The van der Waals surface area contributed by atoms with Gasteiger partial charge in [0.15, 0.2) is 11.6 Å².